The quantitative estimate of drug-likeness (QED) is 0.226. The van der Waals surface area contributed by atoms with Crippen LogP contribution in [0.3, 0.4) is 0 Å². The molecule has 0 aromatic heterocycles. The summed E-state index contributed by atoms with van der Waals surface area (Å²) in [4.78, 5) is 46.9. The lowest BCUT2D eigenvalue weighted by atomic mass is 10.0. The van der Waals surface area contributed by atoms with Crippen LogP contribution in [0.4, 0.5) is 4.79 Å². The largest absolute Gasteiger partial charge is 0.480 e. The second-order valence-corrected chi connectivity index (χ2v) is 8.09. The Balaban J connectivity index is 4.86. The number of ether oxygens (including phenoxy) is 1. The fourth-order valence-corrected chi connectivity index (χ4v) is 2.25. The minimum absolute atomic E-state index is 0.0214. The Bertz CT molecular complexity index is 576. The van der Waals surface area contributed by atoms with Gasteiger partial charge in [0.15, 0.2) is 0 Å². The second-order valence-electron chi connectivity index (χ2n) is 8.09. The van der Waals surface area contributed by atoms with E-state index in [9.17, 15) is 24.3 Å². The fraction of sp³-hybridized carbons (Fsp3) is 0.778. The highest BCUT2D eigenvalue weighted by Crippen LogP contribution is 2.08. The van der Waals surface area contributed by atoms with Gasteiger partial charge < -0.3 is 37.3 Å². The van der Waals surface area contributed by atoms with Gasteiger partial charge in [-0.15, -0.1) is 0 Å². The van der Waals surface area contributed by atoms with E-state index < -0.39 is 47.5 Å². The smallest absolute Gasteiger partial charge is 0.326 e. The predicted octanol–water partition coefficient (Wildman–Crippen LogP) is -0.712. The molecule has 3 atom stereocenters. The van der Waals surface area contributed by atoms with E-state index in [1.54, 1.807) is 13.8 Å². The van der Waals surface area contributed by atoms with Crippen molar-refractivity contribution in [3.8, 4) is 0 Å². The maximum Gasteiger partial charge on any atom is 0.326 e. The van der Waals surface area contributed by atoms with Crippen LogP contribution in [0.5, 0.6) is 0 Å². The molecule has 4 amide bonds. The van der Waals surface area contributed by atoms with Gasteiger partial charge in [-0.2, -0.15) is 0 Å². The van der Waals surface area contributed by atoms with Gasteiger partial charge in [-0.3, -0.25) is 9.59 Å². The molecular weight excluding hydrogens is 382 g/mol. The second kappa shape index (κ2) is 12.2. The minimum Gasteiger partial charge on any atom is -0.480 e. The van der Waals surface area contributed by atoms with E-state index in [-0.39, 0.29) is 25.5 Å². The van der Waals surface area contributed by atoms with Crippen molar-refractivity contribution in [1.29, 1.82) is 0 Å². The van der Waals surface area contributed by atoms with Crippen molar-refractivity contribution in [2.75, 3.05) is 13.2 Å². The van der Waals surface area contributed by atoms with Gasteiger partial charge in [0.1, 0.15) is 18.1 Å². The van der Waals surface area contributed by atoms with Crippen LogP contribution in [-0.4, -0.2) is 65.8 Å². The molecular formula is C18H35N5O6. The lowest BCUT2D eigenvalue weighted by molar-refractivity contribution is -0.142. The van der Waals surface area contributed by atoms with Crippen molar-refractivity contribution >= 4 is 23.8 Å². The van der Waals surface area contributed by atoms with Crippen LogP contribution in [-0.2, 0) is 19.1 Å². The normalized spacial score (nSPS) is 14.6. The number of amides is 4. The highest BCUT2D eigenvalue weighted by molar-refractivity contribution is 5.91. The Morgan fingerprint density at radius 1 is 1.07 bits per heavy atom. The first-order valence-corrected chi connectivity index (χ1v) is 9.51. The predicted molar refractivity (Wildman–Crippen MR) is 107 cm³/mol. The molecule has 0 fully saturated rings. The molecule has 0 aliphatic rings. The van der Waals surface area contributed by atoms with Gasteiger partial charge in [-0.25, -0.2) is 9.59 Å². The number of aliphatic carboxylic acids is 1. The van der Waals surface area contributed by atoms with Crippen LogP contribution in [0.15, 0.2) is 0 Å². The number of hydrogen-bond acceptors (Lipinski definition) is 6. The summed E-state index contributed by atoms with van der Waals surface area (Å²) in [5, 5.41) is 16.6. The highest BCUT2D eigenvalue weighted by atomic mass is 16.5. The van der Waals surface area contributed by atoms with E-state index in [4.69, 9.17) is 16.2 Å². The van der Waals surface area contributed by atoms with Crippen LogP contribution in [0.1, 0.15) is 47.5 Å². The SMILES string of the molecule is CC(C)[C@H](NC(=O)[C@@H](N)COC(C)(C)C)C(=O)N[C@@H](CCCNC(N)=O)C(=O)O. The van der Waals surface area contributed by atoms with Gasteiger partial charge in [0.2, 0.25) is 11.8 Å². The third kappa shape index (κ3) is 11.9. The number of urea groups is 1. The molecule has 0 saturated heterocycles. The summed E-state index contributed by atoms with van der Waals surface area (Å²) in [6.07, 6.45) is 0.382. The van der Waals surface area contributed by atoms with Crippen LogP contribution >= 0.6 is 0 Å². The fourth-order valence-electron chi connectivity index (χ4n) is 2.25. The molecule has 0 unspecified atom stereocenters. The molecule has 8 N–H and O–H groups in total. The highest BCUT2D eigenvalue weighted by Gasteiger charge is 2.30. The average Bonchev–Trinajstić information content (AvgIpc) is 2.58. The van der Waals surface area contributed by atoms with Crippen molar-refractivity contribution in [1.82, 2.24) is 16.0 Å². The number of primary amides is 1. The zero-order valence-corrected chi connectivity index (χ0v) is 17.8. The van der Waals surface area contributed by atoms with Crippen molar-refractivity contribution < 1.29 is 29.0 Å². The first-order valence-electron chi connectivity index (χ1n) is 9.51. The first-order chi connectivity index (χ1) is 13.2. The van der Waals surface area contributed by atoms with E-state index in [1.165, 1.54) is 0 Å². The molecule has 0 aliphatic carbocycles. The molecule has 29 heavy (non-hydrogen) atoms. The summed E-state index contributed by atoms with van der Waals surface area (Å²) in [6, 6.07) is -3.82. The third-order valence-corrected chi connectivity index (χ3v) is 3.86. The molecule has 11 heteroatoms. The van der Waals surface area contributed by atoms with E-state index >= 15 is 0 Å². The van der Waals surface area contributed by atoms with Gasteiger partial charge in [0.25, 0.3) is 0 Å². The molecule has 11 nitrogen and oxygen atoms in total. The Morgan fingerprint density at radius 3 is 2.10 bits per heavy atom. The summed E-state index contributed by atoms with van der Waals surface area (Å²) < 4.78 is 5.48. The van der Waals surface area contributed by atoms with E-state index in [0.29, 0.717) is 6.42 Å². The zero-order chi connectivity index (χ0) is 22.8. The molecule has 0 bridgehead atoms. The van der Waals surface area contributed by atoms with Gasteiger partial charge in [-0.05, 0) is 39.5 Å². The van der Waals surface area contributed by atoms with Crippen molar-refractivity contribution in [2.24, 2.45) is 17.4 Å². The number of carbonyl (C=O) groups excluding carboxylic acids is 3. The standard InChI is InChI=1S/C18H35N5O6/c1-10(2)13(23-14(24)11(19)9-29-18(3,4)5)15(25)22-12(16(26)27)7-6-8-21-17(20)28/h10-13H,6-9,19H2,1-5H3,(H,22,25)(H,23,24)(H,26,27)(H3,20,21,28)/t11-,12-,13-/m0/s1. The number of hydrogen-bond donors (Lipinski definition) is 6. The lowest BCUT2D eigenvalue weighted by Gasteiger charge is -2.26. The van der Waals surface area contributed by atoms with Crippen LogP contribution in [0.25, 0.3) is 0 Å². The minimum atomic E-state index is -1.22. The van der Waals surface area contributed by atoms with Gasteiger partial charge in [0.05, 0.1) is 12.2 Å². The molecule has 0 heterocycles. The summed E-state index contributed by atoms with van der Waals surface area (Å²) in [7, 11) is 0. The van der Waals surface area contributed by atoms with E-state index in [2.05, 4.69) is 16.0 Å². The molecule has 0 radical (unpaired) electrons. The molecule has 168 valence electrons. The lowest BCUT2D eigenvalue weighted by Crippen LogP contribution is -2.57. The maximum atomic E-state index is 12.6. The zero-order valence-electron chi connectivity index (χ0n) is 17.8. The number of carbonyl (C=O) groups is 4. The van der Waals surface area contributed by atoms with Crippen LogP contribution in [0, 0.1) is 5.92 Å². The molecule has 0 aromatic rings. The monoisotopic (exact) mass is 417 g/mol. The Kier molecular flexibility index (Phi) is 11.2. The topological polar surface area (TPSA) is 186 Å². The Morgan fingerprint density at radius 2 is 1.66 bits per heavy atom. The Labute approximate surface area is 171 Å². The van der Waals surface area contributed by atoms with E-state index in [1.807, 2.05) is 20.8 Å². The molecule has 0 aliphatic heterocycles. The first kappa shape index (κ1) is 26.6. The average molecular weight is 418 g/mol. The summed E-state index contributed by atoms with van der Waals surface area (Å²) in [5.41, 5.74) is 10.3. The van der Waals surface area contributed by atoms with Crippen LogP contribution < -0.4 is 27.4 Å². The summed E-state index contributed by atoms with van der Waals surface area (Å²) in [6.45, 7) is 9.07. The third-order valence-electron chi connectivity index (χ3n) is 3.86. The number of nitrogens with two attached hydrogens (primary N) is 2. The van der Waals surface area contributed by atoms with Crippen molar-refractivity contribution in [3.05, 3.63) is 0 Å². The van der Waals surface area contributed by atoms with E-state index in [0.717, 1.165) is 0 Å². The molecule has 0 rings (SSSR count). The molecule has 0 spiro atoms. The number of nitrogens with one attached hydrogen (secondary N) is 3. The van der Waals surface area contributed by atoms with Crippen molar-refractivity contribution in [2.45, 2.75) is 71.2 Å². The summed E-state index contributed by atoms with van der Waals surface area (Å²) >= 11 is 0. The number of rotatable bonds is 12. The maximum absolute atomic E-state index is 12.6. The number of carboxylic acids is 1. The number of carboxylic acid groups (broad SMARTS) is 1. The van der Waals surface area contributed by atoms with Gasteiger partial charge in [-0.1, -0.05) is 13.8 Å². The van der Waals surface area contributed by atoms with Gasteiger partial charge >= 0.3 is 12.0 Å². The van der Waals surface area contributed by atoms with Gasteiger partial charge in [0, 0.05) is 6.54 Å². The van der Waals surface area contributed by atoms with Crippen LogP contribution in [0.2, 0.25) is 0 Å². The Hall–Kier alpha value is -2.40. The van der Waals surface area contributed by atoms with Crippen molar-refractivity contribution in [3.63, 3.8) is 0 Å². The molecule has 0 saturated carbocycles. The summed E-state index contributed by atoms with van der Waals surface area (Å²) in [5.74, 6) is -2.73. The molecule has 0 aromatic carbocycles.